The molecule has 6 nitrogen and oxygen atoms in total. The molecule has 0 spiro atoms. The minimum atomic E-state index is -0.500. The van der Waals surface area contributed by atoms with Crippen molar-refractivity contribution in [1.82, 2.24) is 20.0 Å². The van der Waals surface area contributed by atoms with E-state index < -0.39 is 5.91 Å². The zero-order chi connectivity index (χ0) is 13.1. The maximum absolute atomic E-state index is 11.3. The Hall–Kier alpha value is -2.24. The summed E-state index contributed by atoms with van der Waals surface area (Å²) < 4.78 is 1.76. The third-order valence-electron chi connectivity index (χ3n) is 2.83. The van der Waals surface area contributed by atoms with Gasteiger partial charge in [0, 0.05) is 17.5 Å². The van der Waals surface area contributed by atoms with Crippen molar-refractivity contribution in [3.05, 3.63) is 41.0 Å². The van der Waals surface area contributed by atoms with E-state index in [9.17, 15) is 4.79 Å². The first-order valence-electron chi connectivity index (χ1n) is 5.76. The van der Waals surface area contributed by atoms with Gasteiger partial charge < -0.3 is 5.73 Å². The van der Waals surface area contributed by atoms with Crippen LogP contribution in [0.25, 0.3) is 0 Å². The van der Waals surface area contributed by atoms with Crippen LogP contribution in [0.3, 0.4) is 0 Å². The molecule has 6 heteroatoms. The van der Waals surface area contributed by atoms with Crippen molar-refractivity contribution in [2.24, 2.45) is 5.73 Å². The van der Waals surface area contributed by atoms with Crippen LogP contribution >= 0.6 is 0 Å². The smallest absolute Gasteiger partial charge is 0.269 e. The summed E-state index contributed by atoms with van der Waals surface area (Å²) in [7, 11) is 0. The topological polar surface area (TPSA) is 86.7 Å². The van der Waals surface area contributed by atoms with Gasteiger partial charge in [-0.15, -0.1) is 0 Å². The highest BCUT2D eigenvalue weighted by Crippen LogP contribution is 2.14. The fourth-order valence-corrected chi connectivity index (χ4v) is 1.97. The number of amides is 1. The average Bonchev–Trinajstić information content (AvgIpc) is 2.67. The van der Waals surface area contributed by atoms with E-state index in [1.807, 2.05) is 26.0 Å². The molecule has 0 saturated carbocycles. The summed E-state index contributed by atoms with van der Waals surface area (Å²) in [5, 5.41) is 12.1. The molecule has 0 fully saturated rings. The summed E-state index contributed by atoms with van der Waals surface area (Å²) >= 11 is 0. The van der Waals surface area contributed by atoms with E-state index in [0.717, 1.165) is 23.4 Å². The van der Waals surface area contributed by atoms with Crippen molar-refractivity contribution in [2.45, 2.75) is 26.8 Å². The molecular weight excluding hydrogens is 230 g/mol. The van der Waals surface area contributed by atoms with Crippen LogP contribution < -0.4 is 5.73 Å². The van der Waals surface area contributed by atoms with Crippen LogP contribution in [0.4, 0.5) is 0 Å². The molecule has 0 radical (unpaired) electrons. The van der Waals surface area contributed by atoms with E-state index in [1.165, 1.54) is 0 Å². The molecule has 94 valence electrons. The largest absolute Gasteiger partial charge is 0.364 e. The van der Waals surface area contributed by atoms with E-state index in [1.54, 1.807) is 10.9 Å². The van der Waals surface area contributed by atoms with Gasteiger partial charge in [-0.1, -0.05) is 6.92 Å². The molecule has 2 aromatic heterocycles. The molecule has 2 rings (SSSR count). The van der Waals surface area contributed by atoms with Gasteiger partial charge in [-0.3, -0.25) is 9.48 Å². The van der Waals surface area contributed by atoms with Crippen LogP contribution in [0.1, 0.15) is 34.4 Å². The first-order valence-corrected chi connectivity index (χ1v) is 5.76. The molecule has 0 aliphatic rings. The molecule has 2 N–H and O–H groups in total. The molecule has 0 aliphatic carbocycles. The van der Waals surface area contributed by atoms with Gasteiger partial charge in [0.05, 0.1) is 12.2 Å². The number of primary amides is 1. The number of nitrogens with zero attached hydrogens (tertiary/aromatic N) is 4. The Labute approximate surface area is 105 Å². The first kappa shape index (κ1) is 12.2. The molecule has 0 bridgehead atoms. The van der Waals surface area contributed by atoms with Crippen molar-refractivity contribution in [3.63, 3.8) is 0 Å². The summed E-state index contributed by atoms with van der Waals surface area (Å²) in [6, 6.07) is 3.69. The van der Waals surface area contributed by atoms with Gasteiger partial charge in [-0.2, -0.15) is 15.3 Å². The van der Waals surface area contributed by atoms with Crippen molar-refractivity contribution < 1.29 is 4.79 Å². The Morgan fingerprint density at radius 3 is 2.83 bits per heavy atom. The number of hydrogen-bond acceptors (Lipinski definition) is 4. The maximum atomic E-state index is 11.3. The van der Waals surface area contributed by atoms with Gasteiger partial charge in [0.25, 0.3) is 5.91 Å². The molecule has 0 atom stereocenters. The SMILES string of the molecule is CCc1c(C)c(C(N)=O)nn1Cc1cccnn1. The average molecular weight is 245 g/mol. The lowest BCUT2D eigenvalue weighted by Gasteiger charge is -2.05. The molecule has 2 aromatic rings. The quantitative estimate of drug-likeness (QED) is 0.858. The van der Waals surface area contributed by atoms with Gasteiger partial charge in [0.2, 0.25) is 0 Å². The van der Waals surface area contributed by atoms with Crippen LogP contribution in [0.15, 0.2) is 18.3 Å². The summed E-state index contributed by atoms with van der Waals surface area (Å²) in [4.78, 5) is 11.3. The van der Waals surface area contributed by atoms with Gasteiger partial charge >= 0.3 is 0 Å². The normalized spacial score (nSPS) is 10.6. The highest BCUT2D eigenvalue weighted by atomic mass is 16.1. The number of carbonyl (C=O) groups excluding carboxylic acids is 1. The zero-order valence-electron chi connectivity index (χ0n) is 10.4. The maximum Gasteiger partial charge on any atom is 0.269 e. The van der Waals surface area contributed by atoms with E-state index in [-0.39, 0.29) is 0 Å². The number of nitrogens with two attached hydrogens (primary N) is 1. The lowest BCUT2D eigenvalue weighted by Crippen LogP contribution is -2.14. The van der Waals surface area contributed by atoms with Crippen molar-refractivity contribution in [1.29, 1.82) is 0 Å². The van der Waals surface area contributed by atoms with E-state index in [2.05, 4.69) is 15.3 Å². The summed E-state index contributed by atoms with van der Waals surface area (Å²) in [6.45, 7) is 4.37. The molecule has 0 saturated heterocycles. The van der Waals surface area contributed by atoms with Crippen LogP contribution in [-0.4, -0.2) is 25.9 Å². The second kappa shape index (κ2) is 4.95. The molecule has 2 heterocycles. The monoisotopic (exact) mass is 245 g/mol. The lowest BCUT2D eigenvalue weighted by atomic mass is 10.1. The highest BCUT2D eigenvalue weighted by molar-refractivity contribution is 5.92. The van der Waals surface area contributed by atoms with Crippen molar-refractivity contribution in [3.8, 4) is 0 Å². The van der Waals surface area contributed by atoms with Crippen LogP contribution in [0, 0.1) is 6.92 Å². The minimum absolute atomic E-state index is 0.329. The molecule has 18 heavy (non-hydrogen) atoms. The summed E-state index contributed by atoms with van der Waals surface area (Å²) in [6.07, 6.45) is 2.40. The third-order valence-corrected chi connectivity index (χ3v) is 2.83. The fourth-order valence-electron chi connectivity index (χ4n) is 1.97. The van der Waals surface area contributed by atoms with Crippen molar-refractivity contribution in [2.75, 3.05) is 0 Å². The fraction of sp³-hybridized carbons (Fsp3) is 0.333. The number of rotatable bonds is 4. The Bertz CT molecular complexity index is 561. The molecule has 1 amide bonds. The van der Waals surface area contributed by atoms with E-state index in [4.69, 9.17) is 5.73 Å². The minimum Gasteiger partial charge on any atom is -0.364 e. The molecule has 0 aromatic carbocycles. The second-order valence-electron chi connectivity index (χ2n) is 4.01. The van der Waals surface area contributed by atoms with Gasteiger partial charge in [-0.25, -0.2) is 0 Å². The van der Waals surface area contributed by atoms with Crippen molar-refractivity contribution >= 4 is 5.91 Å². The summed E-state index contributed by atoms with van der Waals surface area (Å²) in [5.74, 6) is -0.500. The van der Waals surface area contributed by atoms with E-state index in [0.29, 0.717) is 12.2 Å². The van der Waals surface area contributed by atoms with E-state index >= 15 is 0 Å². The first-order chi connectivity index (χ1) is 8.63. The Morgan fingerprint density at radius 2 is 2.28 bits per heavy atom. The second-order valence-corrected chi connectivity index (χ2v) is 4.01. The van der Waals surface area contributed by atoms with Crippen LogP contribution in [0.2, 0.25) is 0 Å². The standard InChI is InChI=1S/C12H15N5O/c1-3-10-8(2)11(12(13)18)16-17(10)7-9-5-4-6-14-15-9/h4-6H,3,7H2,1-2H3,(H2,13,18). The number of hydrogen-bond donors (Lipinski definition) is 1. The predicted octanol–water partition coefficient (Wildman–Crippen LogP) is 0.691. The Morgan fingerprint density at radius 1 is 1.50 bits per heavy atom. The molecular formula is C12H15N5O. The predicted molar refractivity (Wildman–Crippen MR) is 66.0 cm³/mol. The van der Waals surface area contributed by atoms with Crippen LogP contribution in [-0.2, 0) is 13.0 Å². The van der Waals surface area contributed by atoms with Crippen LogP contribution in [0.5, 0.6) is 0 Å². The molecule has 0 unspecified atom stereocenters. The lowest BCUT2D eigenvalue weighted by molar-refractivity contribution is 0.0994. The Kier molecular flexibility index (Phi) is 3.36. The van der Waals surface area contributed by atoms with Gasteiger partial charge in [0.1, 0.15) is 0 Å². The molecule has 0 aliphatic heterocycles. The van der Waals surface area contributed by atoms with Gasteiger partial charge in [0.15, 0.2) is 5.69 Å². The summed E-state index contributed by atoms with van der Waals surface area (Å²) in [5.41, 5.74) is 8.26. The highest BCUT2D eigenvalue weighted by Gasteiger charge is 2.17. The Balaban J connectivity index is 2.39. The number of aromatic nitrogens is 4. The van der Waals surface area contributed by atoms with Gasteiger partial charge in [-0.05, 0) is 25.5 Å². The zero-order valence-corrected chi connectivity index (χ0v) is 10.4. The third kappa shape index (κ3) is 2.22. The number of carbonyl (C=O) groups is 1.